The van der Waals surface area contributed by atoms with E-state index in [-0.39, 0.29) is 17.9 Å². The summed E-state index contributed by atoms with van der Waals surface area (Å²) in [6.07, 6.45) is 5.87. The van der Waals surface area contributed by atoms with Crippen molar-refractivity contribution in [1.82, 2.24) is 4.57 Å². The number of carbonyl (C=O) groups excluding carboxylic acids is 1. The molecule has 37 heavy (non-hydrogen) atoms. The molecule has 4 rings (SSSR count). The van der Waals surface area contributed by atoms with E-state index in [1.165, 1.54) is 18.4 Å². The number of aromatic nitrogens is 1. The first kappa shape index (κ1) is 26.5. The average Bonchev–Trinajstić information content (AvgIpc) is 3.19. The molecule has 0 radical (unpaired) electrons. The second-order valence-corrected chi connectivity index (χ2v) is 10.2. The van der Waals surface area contributed by atoms with E-state index < -0.39 is 12.0 Å². The molecule has 1 aliphatic rings. The number of nitrogens with zero attached hydrogens (tertiary/aromatic N) is 2. The van der Waals surface area contributed by atoms with Crippen LogP contribution < -0.4 is 19.6 Å². The zero-order valence-corrected chi connectivity index (χ0v) is 22.7. The molecule has 0 aliphatic carbocycles. The first-order chi connectivity index (χ1) is 17.8. The van der Waals surface area contributed by atoms with Crippen LogP contribution in [-0.4, -0.2) is 35.6 Å². The molecule has 0 fully saturated rings. The number of hydrogen-bond donors (Lipinski definition) is 1. The predicted octanol–water partition coefficient (Wildman–Crippen LogP) is 3.96. The van der Waals surface area contributed by atoms with Crippen LogP contribution in [0, 0.1) is 0 Å². The van der Waals surface area contributed by atoms with Crippen LogP contribution in [0.3, 0.4) is 0 Å². The summed E-state index contributed by atoms with van der Waals surface area (Å²) in [5, 5.41) is 10.4. The number of phenolic OH excluding ortho intramolecular Hbond substituents is 1. The van der Waals surface area contributed by atoms with E-state index in [2.05, 4.69) is 11.6 Å². The first-order valence-corrected chi connectivity index (χ1v) is 13.7. The van der Waals surface area contributed by atoms with Gasteiger partial charge in [-0.05, 0) is 68.0 Å². The smallest absolute Gasteiger partial charge is 0.338 e. The van der Waals surface area contributed by atoms with Crippen molar-refractivity contribution >= 4 is 35.1 Å². The van der Waals surface area contributed by atoms with Crippen molar-refractivity contribution in [1.29, 1.82) is 0 Å². The Kier molecular flexibility index (Phi) is 8.04. The van der Waals surface area contributed by atoms with Crippen molar-refractivity contribution in [2.45, 2.75) is 31.2 Å². The third kappa shape index (κ3) is 5.14. The molecule has 192 valence electrons. The number of allylic oxidation sites excluding steroid dienone is 2. The van der Waals surface area contributed by atoms with Crippen molar-refractivity contribution in [2.75, 3.05) is 20.0 Å². The molecule has 0 saturated heterocycles. The molecule has 0 spiro atoms. The lowest BCUT2D eigenvalue weighted by Gasteiger charge is -2.24. The van der Waals surface area contributed by atoms with E-state index in [4.69, 9.17) is 9.47 Å². The zero-order chi connectivity index (χ0) is 26.7. The number of phenols is 1. The highest BCUT2D eigenvalue weighted by atomic mass is 32.2. The number of hydrogen-bond acceptors (Lipinski definition) is 8. The standard InChI is InChI=1S/C28H28N2O5S2/c1-6-8-19-13-17(14-21(34-4)25(19)31)15-22-26(32)30-24(18-9-11-20(36-5)12-10-18)23(27(33)35-7-2)16(3)29-28(30)37-22/h6,9-15,24,31H,1,7-8H2,2-5H3/b22-15+. The monoisotopic (exact) mass is 536 g/mol. The Hall–Kier alpha value is -3.56. The maximum Gasteiger partial charge on any atom is 0.338 e. The second-order valence-electron chi connectivity index (χ2n) is 8.30. The summed E-state index contributed by atoms with van der Waals surface area (Å²) in [5.74, 6) is -0.135. The molecule has 2 heterocycles. The molecular formula is C28H28N2O5S2. The number of fused-ring (bicyclic) bond motifs is 1. The van der Waals surface area contributed by atoms with Gasteiger partial charge in [0.15, 0.2) is 16.3 Å². The average molecular weight is 537 g/mol. The van der Waals surface area contributed by atoms with E-state index in [0.717, 1.165) is 10.5 Å². The van der Waals surface area contributed by atoms with Crippen molar-refractivity contribution in [3.8, 4) is 11.5 Å². The summed E-state index contributed by atoms with van der Waals surface area (Å²) in [6, 6.07) is 10.6. The molecule has 3 aromatic rings. The third-order valence-corrected chi connectivity index (χ3v) is 7.73. The van der Waals surface area contributed by atoms with Crippen molar-refractivity contribution in [3.05, 3.63) is 96.7 Å². The second kappa shape index (κ2) is 11.2. The number of thioether (sulfide) groups is 1. The normalized spacial score (nSPS) is 15.2. The molecule has 1 N–H and O–H groups in total. The van der Waals surface area contributed by atoms with Gasteiger partial charge in [0.2, 0.25) is 0 Å². The molecular weight excluding hydrogens is 508 g/mol. The Morgan fingerprint density at radius 3 is 2.65 bits per heavy atom. The van der Waals surface area contributed by atoms with Crippen molar-refractivity contribution in [3.63, 3.8) is 0 Å². The Balaban J connectivity index is 1.94. The van der Waals surface area contributed by atoms with E-state index in [1.54, 1.807) is 54.5 Å². The molecule has 1 atom stereocenters. The molecule has 0 bridgehead atoms. The van der Waals surface area contributed by atoms with Crippen LogP contribution in [0.5, 0.6) is 11.5 Å². The molecule has 1 aliphatic heterocycles. The summed E-state index contributed by atoms with van der Waals surface area (Å²) >= 11 is 2.86. The Morgan fingerprint density at radius 2 is 2.03 bits per heavy atom. The van der Waals surface area contributed by atoms with Gasteiger partial charge >= 0.3 is 5.97 Å². The van der Waals surface area contributed by atoms with Gasteiger partial charge < -0.3 is 14.6 Å². The zero-order valence-electron chi connectivity index (χ0n) is 21.1. The number of esters is 1. The van der Waals surface area contributed by atoms with Gasteiger partial charge in [0.1, 0.15) is 0 Å². The van der Waals surface area contributed by atoms with Gasteiger partial charge in [0.05, 0.1) is 35.6 Å². The van der Waals surface area contributed by atoms with Crippen LogP contribution in [0.15, 0.2) is 75.0 Å². The molecule has 0 saturated carbocycles. The van der Waals surface area contributed by atoms with Gasteiger partial charge in [-0.3, -0.25) is 9.36 Å². The quantitative estimate of drug-likeness (QED) is 0.266. The molecule has 1 unspecified atom stereocenters. The predicted molar refractivity (Wildman–Crippen MR) is 147 cm³/mol. The lowest BCUT2D eigenvalue weighted by atomic mass is 9.96. The van der Waals surface area contributed by atoms with Gasteiger partial charge in [-0.15, -0.1) is 18.3 Å². The highest BCUT2D eigenvalue weighted by molar-refractivity contribution is 7.98. The fraction of sp³-hybridized carbons (Fsp3) is 0.250. The van der Waals surface area contributed by atoms with E-state index >= 15 is 0 Å². The lowest BCUT2D eigenvalue weighted by Crippen LogP contribution is -2.39. The number of methoxy groups -OCH3 is 1. The highest BCUT2D eigenvalue weighted by Crippen LogP contribution is 2.33. The number of rotatable bonds is 8. The SMILES string of the molecule is C=CCc1cc(/C=c2/sc3n(c2=O)C(c2ccc(SC)cc2)C(C(=O)OCC)=C(C)N=3)cc(OC)c1O. The van der Waals surface area contributed by atoms with Gasteiger partial charge in [-0.2, -0.15) is 0 Å². The summed E-state index contributed by atoms with van der Waals surface area (Å²) in [4.78, 5) is 33.0. The van der Waals surface area contributed by atoms with Crippen LogP contribution in [0.25, 0.3) is 6.08 Å². The topological polar surface area (TPSA) is 90.1 Å². The minimum Gasteiger partial charge on any atom is -0.504 e. The number of aromatic hydroxyl groups is 1. The van der Waals surface area contributed by atoms with Crippen LogP contribution in [-0.2, 0) is 16.0 Å². The fourth-order valence-corrected chi connectivity index (χ4v) is 5.74. The number of benzene rings is 2. The van der Waals surface area contributed by atoms with Gasteiger partial charge in [0.25, 0.3) is 5.56 Å². The molecule has 9 heteroatoms. The molecule has 7 nitrogen and oxygen atoms in total. The maximum atomic E-state index is 13.8. The number of carbonyl (C=O) groups is 1. The first-order valence-electron chi connectivity index (χ1n) is 11.7. The lowest BCUT2D eigenvalue weighted by molar-refractivity contribution is -0.139. The Morgan fingerprint density at radius 1 is 1.30 bits per heavy atom. The summed E-state index contributed by atoms with van der Waals surface area (Å²) in [6.45, 7) is 7.47. The molecule has 2 aromatic carbocycles. The Bertz CT molecular complexity index is 1570. The van der Waals surface area contributed by atoms with Gasteiger partial charge in [-0.25, -0.2) is 9.79 Å². The van der Waals surface area contributed by atoms with Crippen molar-refractivity contribution < 1.29 is 19.4 Å². The third-order valence-electron chi connectivity index (χ3n) is 6.01. The minimum atomic E-state index is -0.668. The largest absolute Gasteiger partial charge is 0.504 e. The van der Waals surface area contributed by atoms with E-state index in [0.29, 0.717) is 43.9 Å². The number of thiazole rings is 1. The van der Waals surface area contributed by atoms with Crippen molar-refractivity contribution in [2.24, 2.45) is 4.99 Å². The molecule has 0 amide bonds. The fourth-order valence-electron chi connectivity index (χ4n) is 4.28. The van der Waals surface area contributed by atoms with Crippen LogP contribution in [0.1, 0.15) is 36.6 Å². The van der Waals surface area contributed by atoms with Crippen LogP contribution in [0.4, 0.5) is 0 Å². The summed E-state index contributed by atoms with van der Waals surface area (Å²) in [7, 11) is 1.48. The summed E-state index contributed by atoms with van der Waals surface area (Å²) < 4.78 is 12.7. The van der Waals surface area contributed by atoms with Gasteiger partial charge in [-0.1, -0.05) is 29.5 Å². The van der Waals surface area contributed by atoms with Gasteiger partial charge in [0, 0.05) is 10.5 Å². The van der Waals surface area contributed by atoms with E-state index in [9.17, 15) is 14.7 Å². The highest BCUT2D eigenvalue weighted by Gasteiger charge is 2.33. The maximum absolute atomic E-state index is 13.8. The van der Waals surface area contributed by atoms with E-state index in [1.807, 2.05) is 30.5 Å². The molecule has 1 aromatic heterocycles. The van der Waals surface area contributed by atoms with Crippen LogP contribution >= 0.6 is 23.1 Å². The number of ether oxygens (including phenoxy) is 2. The minimum absolute atomic E-state index is 0.0457. The Labute approximate surface area is 223 Å². The summed E-state index contributed by atoms with van der Waals surface area (Å²) in [5.41, 5.74) is 2.72. The van der Waals surface area contributed by atoms with Crippen LogP contribution in [0.2, 0.25) is 0 Å².